The molecule has 7 heteroatoms. The van der Waals surface area contributed by atoms with Gasteiger partial charge in [-0.15, -0.1) is 0 Å². The third-order valence-corrected chi connectivity index (χ3v) is 4.61. The molecule has 1 saturated heterocycles. The van der Waals surface area contributed by atoms with E-state index < -0.39 is 0 Å². The normalized spacial score (nSPS) is 17.3. The lowest BCUT2D eigenvalue weighted by Gasteiger charge is -2.16. The Morgan fingerprint density at radius 2 is 2.12 bits per heavy atom. The summed E-state index contributed by atoms with van der Waals surface area (Å²) in [5.74, 6) is -0.334. The highest BCUT2D eigenvalue weighted by Crippen LogP contribution is 2.26. The molecule has 6 nitrogen and oxygen atoms in total. The van der Waals surface area contributed by atoms with Crippen LogP contribution in [0.1, 0.15) is 12.8 Å². The van der Waals surface area contributed by atoms with E-state index >= 15 is 0 Å². The average molecular weight is 391 g/mol. The highest BCUT2D eigenvalue weighted by atomic mass is 79.9. The minimum Gasteiger partial charge on any atom is -0.356 e. The van der Waals surface area contributed by atoms with Crippen LogP contribution in [0.25, 0.3) is 0 Å². The van der Waals surface area contributed by atoms with Crippen LogP contribution in [0.2, 0.25) is 0 Å². The van der Waals surface area contributed by atoms with Crippen LogP contribution in [-0.2, 0) is 16.1 Å². The molecule has 24 heavy (non-hydrogen) atoms. The maximum absolute atomic E-state index is 12.3. The molecule has 0 bridgehead atoms. The minimum atomic E-state index is -0.283. The first-order valence-electron chi connectivity index (χ1n) is 7.93. The molecule has 0 unspecified atom stereocenters. The molecule has 1 atom stereocenters. The van der Waals surface area contributed by atoms with E-state index in [1.54, 1.807) is 17.4 Å². The molecular weight excluding hydrogens is 372 g/mol. The van der Waals surface area contributed by atoms with Gasteiger partial charge in [0.1, 0.15) is 0 Å². The zero-order valence-electron chi connectivity index (χ0n) is 13.2. The van der Waals surface area contributed by atoms with Crippen molar-refractivity contribution in [3.8, 4) is 0 Å². The molecule has 126 valence electrons. The van der Waals surface area contributed by atoms with E-state index in [2.05, 4.69) is 26.2 Å². The number of hydrogen-bond donors (Lipinski definition) is 1. The first-order chi connectivity index (χ1) is 11.6. The second-order valence-corrected chi connectivity index (χ2v) is 6.74. The van der Waals surface area contributed by atoms with E-state index in [1.807, 2.05) is 35.0 Å². The summed E-state index contributed by atoms with van der Waals surface area (Å²) in [5, 5.41) is 2.93. The van der Waals surface area contributed by atoms with Crippen molar-refractivity contribution in [2.75, 3.05) is 18.0 Å². The standard InChI is InChI=1S/C17H19BrN4O2/c18-14-2-4-15(5-3-14)22-11-13(10-16(22)23)17(24)20-6-1-8-21-9-7-19-12-21/h2-5,7,9,12-13H,1,6,8,10-11H2,(H,20,24)/t13-/m0/s1. The van der Waals surface area contributed by atoms with Crippen LogP contribution in [0.5, 0.6) is 0 Å². The van der Waals surface area contributed by atoms with Gasteiger partial charge in [0, 0.05) is 48.6 Å². The predicted molar refractivity (Wildman–Crippen MR) is 94.5 cm³/mol. The van der Waals surface area contributed by atoms with Crippen molar-refractivity contribution < 1.29 is 9.59 Å². The molecule has 1 aromatic heterocycles. The first-order valence-corrected chi connectivity index (χ1v) is 8.72. The van der Waals surface area contributed by atoms with Crippen molar-refractivity contribution in [1.29, 1.82) is 0 Å². The Balaban J connectivity index is 1.47. The summed E-state index contributed by atoms with van der Waals surface area (Å²) in [5.41, 5.74) is 0.832. The zero-order chi connectivity index (χ0) is 16.9. The Kier molecular flexibility index (Phi) is 5.30. The summed E-state index contributed by atoms with van der Waals surface area (Å²) in [6.07, 6.45) is 6.49. The van der Waals surface area contributed by atoms with Crippen molar-refractivity contribution >= 4 is 33.4 Å². The van der Waals surface area contributed by atoms with Gasteiger partial charge in [-0.1, -0.05) is 15.9 Å². The predicted octanol–water partition coefficient (Wildman–Crippen LogP) is 2.20. The maximum Gasteiger partial charge on any atom is 0.227 e. The summed E-state index contributed by atoms with van der Waals surface area (Å²) in [6.45, 7) is 1.85. The number of nitrogens with one attached hydrogen (secondary N) is 1. The van der Waals surface area contributed by atoms with Crippen LogP contribution < -0.4 is 10.2 Å². The highest BCUT2D eigenvalue weighted by Gasteiger charge is 2.34. The van der Waals surface area contributed by atoms with Crippen molar-refractivity contribution in [1.82, 2.24) is 14.9 Å². The Morgan fingerprint density at radius 3 is 2.83 bits per heavy atom. The average Bonchev–Trinajstić information content (AvgIpc) is 3.22. The van der Waals surface area contributed by atoms with Gasteiger partial charge >= 0.3 is 0 Å². The molecular formula is C17H19BrN4O2. The quantitative estimate of drug-likeness (QED) is 0.768. The summed E-state index contributed by atoms with van der Waals surface area (Å²) < 4.78 is 2.94. The van der Waals surface area contributed by atoms with Crippen molar-refractivity contribution in [2.45, 2.75) is 19.4 Å². The van der Waals surface area contributed by atoms with Crippen LogP contribution >= 0.6 is 15.9 Å². The summed E-state index contributed by atoms with van der Waals surface area (Å²) in [4.78, 5) is 30.1. The van der Waals surface area contributed by atoms with Crippen molar-refractivity contribution in [2.24, 2.45) is 5.92 Å². The van der Waals surface area contributed by atoms with Gasteiger partial charge < -0.3 is 14.8 Å². The summed E-state index contributed by atoms with van der Waals surface area (Å²) >= 11 is 3.38. The molecule has 0 aliphatic carbocycles. The van der Waals surface area contributed by atoms with Gasteiger partial charge in [-0.25, -0.2) is 4.98 Å². The number of halogens is 1. The first kappa shape index (κ1) is 16.7. The van der Waals surface area contributed by atoms with E-state index in [0.717, 1.165) is 23.1 Å². The molecule has 1 N–H and O–H groups in total. The number of carbonyl (C=O) groups excluding carboxylic acids is 2. The second-order valence-electron chi connectivity index (χ2n) is 5.83. The molecule has 2 amide bonds. The number of anilines is 1. The third kappa shape index (κ3) is 4.03. The molecule has 0 radical (unpaired) electrons. The molecule has 1 aromatic carbocycles. The Labute approximate surface area is 149 Å². The number of benzene rings is 1. The van der Waals surface area contributed by atoms with E-state index in [0.29, 0.717) is 13.1 Å². The Morgan fingerprint density at radius 1 is 1.33 bits per heavy atom. The smallest absolute Gasteiger partial charge is 0.227 e. The van der Waals surface area contributed by atoms with Crippen molar-refractivity contribution in [3.63, 3.8) is 0 Å². The number of nitrogens with zero attached hydrogens (tertiary/aromatic N) is 3. The Bertz CT molecular complexity index is 700. The van der Waals surface area contributed by atoms with Gasteiger partial charge in [0.05, 0.1) is 12.2 Å². The lowest BCUT2D eigenvalue weighted by Crippen LogP contribution is -2.33. The van der Waals surface area contributed by atoms with Gasteiger partial charge in [0.15, 0.2) is 0 Å². The molecule has 1 aliphatic heterocycles. The third-order valence-electron chi connectivity index (χ3n) is 4.09. The maximum atomic E-state index is 12.3. The number of rotatable bonds is 6. The van der Waals surface area contributed by atoms with Crippen LogP contribution in [0.15, 0.2) is 47.5 Å². The number of aryl methyl sites for hydroxylation is 1. The minimum absolute atomic E-state index is 0.00381. The van der Waals surface area contributed by atoms with Crippen molar-refractivity contribution in [3.05, 3.63) is 47.5 Å². The van der Waals surface area contributed by atoms with E-state index in [4.69, 9.17) is 0 Å². The lowest BCUT2D eigenvalue weighted by molar-refractivity contribution is -0.126. The number of imidazole rings is 1. The monoisotopic (exact) mass is 390 g/mol. The van der Waals surface area contributed by atoms with Gasteiger partial charge in [-0.05, 0) is 30.7 Å². The number of carbonyl (C=O) groups is 2. The molecule has 0 saturated carbocycles. The van der Waals surface area contributed by atoms with Gasteiger partial charge in [-0.3, -0.25) is 9.59 Å². The van der Waals surface area contributed by atoms with Crippen LogP contribution in [0, 0.1) is 5.92 Å². The molecule has 1 aliphatic rings. The van der Waals surface area contributed by atoms with Gasteiger partial charge in [0.2, 0.25) is 11.8 Å². The fourth-order valence-corrected chi connectivity index (χ4v) is 3.05. The molecule has 1 fully saturated rings. The molecule has 0 spiro atoms. The van der Waals surface area contributed by atoms with Gasteiger partial charge in [-0.2, -0.15) is 0 Å². The topological polar surface area (TPSA) is 67.2 Å². The highest BCUT2D eigenvalue weighted by molar-refractivity contribution is 9.10. The lowest BCUT2D eigenvalue weighted by atomic mass is 10.1. The van der Waals surface area contributed by atoms with Crippen LogP contribution in [0.4, 0.5) is 5.69 Å². The van der Waals surface area contributed by atoms with E-state index in [-0.39, 0.29) is 24.2 Å². The largest absolute Gasteiger partial charge is 0.356 e. The van der Waals surface area contributed by atoms with Crippen LogP contribution in [-0.4, -0.2) is 34.5 Å². The summed E-state index contributed by atoms with van der Waals surface area (Å²) in [6, 6.07) is 7.55. The SMILES string of the molecule is O=C(NCCCn1ccnc1)[C@H]1CC(=O)N(c2ccc(Br)cc2)C1. The fraction of sp³-hybridized carbons (Fsp3) is 0.353. The Hall–Kier alpha value is -2.15. The van der Waals surface area contributed by atoms with E-state index in [9.17, 15) is 9.59 Å². The van der Waals surface area contributed by atoms with Crippen LogP contribution in [0.3, 0.4) is 0 Å². The summed E-state index contributed by atoms with van der Waals surface area (Å²) in [7, 11) is 0. The molecule has 3 rings (SSSR count). The van der Waals surface area contributed by atoms with E-state index in [1.165, 1.54) is 0 Å². The second kappa shape index (κ2) is 7.61. The number of hydrogen-bond acceptors (Lipinski definition) is 3. The number of amides is 2. The zero-order valence-corrected chi connectivity index (χ0v) is 14.8. The molecule has 2 heterocycles. The fourth-order valence-electron chi connectivity index (χ4n) is 2.79. The van der Waals surface area contributed by atoms with Gasteiger partial charge in [0.25, 0.3) is 0 Å². The molecule has 2 aromatic rings. The number of aromatic nitrogens is 2.